The summed E-state index contributed by atoms with van der Waals surface area (Å²) >= 11 is 0. The number of allylic oxidation sites excluding steroid dienone is 2. The topological polar surface area (TPSA) is 92.4 Å². The van der Waals surface area contributed by atoms with Crippen LogP contribution >= 0.6 is 0 Å². The lowest BCUT2D eigenvalue weighted by atomic mass is 9.82. The Hall–Kier alpha value is -2.11. The smallest absolute Gasteiger partial charge is 0.307 e. The molecule has 21 heavy (non-hydrogen) atoms. The van der Waals surface area contributed by atoms with E-state index in [0.29, 0.717) is 5.89 Å². The van der Waals surface area contributed by atoms with Crippen molar-refractivity contribution in [2.24, 2.45) is 23.7 Å². The van der Waals surface area contributed by atoms with E-state index in [9.17, 15) is 14.7 Å². The van der Waals surface area contributed by atoms with Crippen molar-refractivity contribution in [2.45, 2.75) is 26.8 Å². The second kappa shape index (κ2) is 5.02. The van der Waals surface area contributed by atoms with Crippen LogP contribution in [0.2, 0.25) is 0 Å². The predicted octanol–water partition coefficient (Wildman–Crippen LogP) is 1.43. The monoisotopic (exact) mass is 290 g/mol. The molecule has 1 heterocycles. The van der Waals surface area contributed by atoms with Gasteiger partial charge in [0.2, 0.25) is 11.8 Å². The molecule has 0 spiro atoms. The van der Waals surface area contributed by atoms with Crippen molar-refractivity contribution in [2.75, 3.05) is 0 Å². The third-order valence-corrected chi connectivity index (χ3v) is 4.53. The summed E-state index contributed by atoms with van der Waals surface area (Å²) in [6.45, 7) is 3.84. The van der Waals surface area contributed by atoms with Gasteiger partial charge in [-0.3, -0.25) is 9.59 Å². The number of carbonyl (C=O) groups excluding carboxylic acids is 1. The Kier molecular flexibility index (Phi) is 3.31. The second-order valence-electron chi connectivity index (χ2n) is 5.81. The fraction of sp³-hybridized carbons (Fsp3) is 0.533. The van der Waals surface area contributed by atoms with Gasteiger partial charge in [0.1, 0.15) is 5.76 Å². The summed E-state index contributed by atoms with van der Waals surface area (Å²) in [5.74, 6) is -1.04. The molecular weight excluding hydrogens is 272 g/mol. The Bertz CT molecular complexity index is 600. The highest BCUT2D eigenvalue weighted by Crippen LogP contribution is 2.48. The fourth-order valence-corrected chi connectivity index (χ4v) is 3.41. The van der Waals surface area contributed by atoms with E-state index in [1.165, 1.54) is 0 Å². The molecule has 0 aliphatic heterocycles. The summed E-state index contributed by atoms with van der Waals surface area (Å²) in [5, 5.41) is 12.1. The molecule has 4 atom stereocenters. The Morgan fingerprint density at radius 2 is 2.00 bits per heavy atom. The van der Waals surface area contributed by atoms with Crippen LogP contribution in [0, 0.1) is 37.5 Å². The number of carboxylic acid groups (broad SMARTS) is 1. The first-order chi connectivity index (χ1) is 9.97. The fourth-order valence-electron chi connectivity index (χ4n) is 3.41. The number of aliphatic carboxylic acids is 1. The van der Waals surface area contributed by atoms with Gasteiger partial charge in [-0.2, -0.15) is 0 Å². The number of nitrogens with zero attached hydrogens (tertiary/aromatic N) is 1. The number of rotatable bonds is 4. The van der Waals surface area contributed by atoms with Crippen LogP contribution in [-0.4, -0.2) is 22.0 Å². The third-order valence-electron chi connectivity index (χ3n) is 4.53. The van der Waals surface area contributed by atoms with E-state index in [-0.39, 0.29) is 24.3 Å². The SMILES string of the molecule is Cc1nc(CNC(=O)[C@H]2C3C=CC(C3)[C@H]2C(=O)O)oc1C. The molecule has 2 unspecified atom stereocenters. The van der Waals surface area contributed by atoms with Crippen LogP contribution in [0.25, 0.3) is 0 Å². The minimum Gasteiger partial charge on any atom is -0.481 e. The molecule has 6 nitrogen and oxygen atoms in total. The van der Waals surface area contributed by atoms with E-state index < -0.39 is 17.8 Å². The molecule has 1 saturated carbocycles. The predicted molar refractivity (Wildman–Crippen MR) is 73.2 cm³/mol. The first-order valence-electron chi connectivity index (χ1n) is 7.09. The van der Waals surface area contributed by atoms with Gasteiger partial charge in [0.15, 0.2) is 0 Å². The Labute approximate surface area is 122 Å². The molecule has 0 radical (unpaired) electrons. The highest BCUT2D eigenvalue weighted by Gasteiger charge is 2.51. The van der Waals surface area contributed by atoms with Gasteiger partial charge in [-0.05, 0) is 32.1 Å². The maximum atomic E-state index is 12.3. The molecule has 2 aliphatic rings. The van der Waals surface area contributed by atoms with Gasteiger partial charge in [0.05, 0.1) is 24.1 Å². The van der Waals surface area contributed by atoms with Crippen molar-refractivity contribution in [3.8, 4) is 0 Å². The van der Waals surface area contributed by atoms with Crippen LogP contribution in [0.4, 0.5) is 0 Å². The molecule has 3 rings (SSSR count). The molecule has 0 saturated heterocycles. The third kappa shape index (κ3) is 2.34. The number of carbonyl (C=O) groups is 2. The summed E-state index contributed by atoms with van der Waals surface area (Å²) in [5.41, 5.74) is 0.797. The number of amides is 1. The average molecular weight is 290 g/mol. The van der Waals surface area contributed by atoms with Crippen molar-refractivity contribution >= 4 is 11.9 Å². The summed E-state index contributed by atoms with van der Waals surface area (Å²) < 4.78 is 5.41. The number of hydrogen-bond acceptors (Lipinski definition) is 4. The Morgan fingerprint density at radius 1 is 1.33 bits per heavy atom. The standard InChI is InChI=1S/C15H18N2O4/c1-7-8(2)21-11(17-7)6-16-14(18)12-9-3-4-10(5-9)13(12)15(19)20/h3-4,9-10,12-13H,5-6H2,1-2H3,(H,16,18)(H,19,20)/t9?,10?,12-,13+/m0/s1. The minimum atomic E-state index is -0.894. The lowest BCUT2D eigenvalue weighted by Gasteiger charge is -2.23. The number of hydrogen-bond donors (Lipinski definition) is 2. The number of oxazole rings is 1. The normalized spacial score (nSPS) is 29.8. The summed E-state index contributed by atoms with van der Waals surface area (Å²) in [7, 11) is 0. The quantitative estimate of drug-likeness (QED) is 0.818. The van der Waals surface area contributed by atoms with E-state index in [4.69, 9.17) is 4.42 Å². The van der Waals surface area contributed by atoms with Crippen LogP contribution in [0.3, 0.4) is 0 Å². The average Bonchev–Trinajstić information content (AvgIpc) is 3.11. The molecule has 1 amide bonds. The molecule has 1 fully saturated rings. The maximum absolute atomic E-state index is 12.3. The van der Waals surface area contributed by atoms with Crippen molar-refractivity contribution in [1.29, 1.82) is 0 Å². The lowest BCUT2D eigenvalue weighted by Crippen LogP contribution is -2.39. The molecule has 2 N–H and O–H groups in total. The number of aryl methyl sites for hydroxylation is 2. The zero-order valence-corrected chi connectivity index (χ0v) is 12.0. The minimum absolute atomic E-state index is 0.0190. The van der Waals surface area contributed by atoms with E-state index >= 15 is 0 Å². The Balaban J connectivity index is 1.67. The van der Waals surface area contributed by atoms with Crippen LogP contribution < -0.4 is 5.32 Å². The van der Waals surface area contributed by atoms with Crippen LogP contribution in [0.1, 0.15) is 23.8 Å². The first kappa shape index (κ1) is 13.9. The largest absolute Gasteiger partial charge is 0.481 e. The Morgan fingerprint density at radius 3 is 2.57 bits per heavy atom. The lowest BCUT2D eigenvalue weighted by molar-refractivity contribution is -0.147. The van der Waals surface area contributed by atoms with Gasteiger partial charge in [-0.1, -0.05) is 12.2 Å². The van der Waals surface area contributed by atoms with Gasteiger partial charge < -0.3 is 14.8 Å². The number of fused-ring (bicyclic) bond motifs is 2. The number of nitrogens with one attached hydrogen (secondary N) is 1. The van der Waals surface area contributed by atoms with Crippen molar-refractivity contribution in [3.63, 3.8) is 0 Å². The van der Waals surface area contributed by atoms with Gasteiger partial charge in [0.25, 0.3) is 0 Å². The maximum Gasteiger partial charge on any atom is 0.307 e. The molecule has 1 aromatic heterocycles. The van der Waals surface area contributed by atoms with E-state index in [1.54, 1.807) is 0 Å². The zero-order chi connectivity index (χ0) is 15.1. The van der Waals surface area contributed by atoms with Crippen molar-refractivity contribution in [1.82, 2.24) is 10.3 Å². The van der Waals surface area contributed by atoms with Crippen LogP contribution in [0.15, 0.2) is 16.6 Å². The van der Waals surface area contributed by atoms with E-state index in [2.05, 4.69) is 10.3 Å². The number of carboxylic acids is 1. The molecule has 2 bridgehead atoms. The van der Waals surface area contributed by atoms with Crippen LogP contribution in [-0.2, 0) is 16.1 Å². The van der Waals surface area contributed by atoms with Gasteiger partial charge >= 0.3 is 5.97 Å². The van der Waals surface area contributed by atoms with Gasteiger partial charge in [-0.15, -0.1) is 0 Å². The van der Waals surface area contributed by atoms with E-state index in [0.717, 1.165) is 17.9 Å². The zero-order valence-electron chi connectivity index (χ0n) is 12.0. The molecule has 1 aromatic rings. The highest BCUT2D eigenvalue weighted by molar-refractivity contribution is 5.86. The molecule has 6 heteroatoms. The number of aromatic nitrogens is 1. The summed E-state index contributed by atoms with van der Waals surface area (Å²) in [4.78, 5) is 27.9. The molecular formula is C15H18N2O4. The van der Waals surface area contributed by atoms with Gasteiger partial charge in [0, 0.05) is 0 Å². The second-order valence-corrected chi connectivity index (χ2v) is 5.81. The first-order valence-corrected chi connectivity index (χ1v) is 7.09. The van der Waals surface area contributed by atoms with Crippen molar-refractivity contribution < 1.29 is 19.1 Å². The highest BCUT2D eigenvalue weighted by atomic mass is 16.4. The molecule has 0 aromatic carbocycles. The molecule has 112 valence electrons. The van der Waals surface area contributed by atoms with Gasteiger partial charge in [-0.25, -0.2) is 4.98 Å². The summed E-state index contributed by atoms with van der Waals surface area (Å²) in [6, 6.07) is 0. The van der Waals surface area contributed by atoms with Crippen LogP contribution in [0.5, 0.6) is 0 Å². The summed E-state index contributed by atoms with van der Waals surface area (Å²) in [6.07, 6.45) is 4.65. The molecule has 2 aliphatic carbocycles. The van der Waals surface area contributed by atoms with E-state index in [1.807, 2.05) is 26.0 Å². The van der Waals surface area contributed by atoms with Crippen molar-refractivity contribution in [3.05, 3.63) is 29.5 Å².